The highest BCUT2D eigenvalue weighted by Crippen LogP contribution is 2.38. The van der Waals surface area contributed by atoms with Crippen LogP contribution in [0.2, 0.25) is 0 Å². The summed E-state index contributed by atoms with van der Waals surface area (Å²) in [4.78, 5) is 51.6. The molecule has 0 aliphatic carbocycles. The van der Waals surface area contributed by atoms with Gasteiger partial charge >= 0.3 is 11.7 Å². The Hall–Kier alpha value is -4.92. The van der Waals surface area contributed by atoms with Crippen LogP contribution < -0.4 is 26.8 Å². The third-order valence-corrected chi connectivity index (χ3v) is 8.02. The van der Waals surface area contributed by atoms with Crippen LogP contribution in [0.15, 0.2) is 70.4 Å². The van der Waals surface area contributed by atoms with E-state index in [0.717, 1.165) is 16.7 Å². The molecule has 0 bridgehead atoms. The van der Waals surface area contributed by atoms with Crippen LogP contribution >= 0.6 is 11.3 Å². The van der Waals surface area contributed by atoms with E-state index in [2.05, 4.69) is 20.6 Å². The maximum Gasteiger partial charge on any atom is 0.343 e. The number of thiophene rings is 1. The van der Waals surface area contributed by atoms with Gasteiger partial charge < -0.3 is 15.0 Å². The topological polar surface area (TPSA) is 120 Å². The predicted molar refractivity (Wildman–Crippen MR) is 163 cm³/mol. The molecule has 2 N–H and O–H groups in total. The lowest BCUT2D eigenvalue weighted by Gasteiger charge is -2.15. The number of hydroxylamine groups is 1. The number of rotatable bonds is 9. The lowest BCUT2D eigenvalue weighted by Crippen LogP contribution is -2.39. The van der Waals surface area contributed by atoms with Gasteiger partial charge in [-0.3, -0.25) is 14.2 Å². The van der Waals surface area contributed by atoms with Crippen molar-refractivity contribution >= 4 is 33.3 Å². The second-order valence-corrected chi connectivity index (χ2v) is 10.9. The van der Waals surface area contributed by atoms with Crippen molar-refractivity contribution < 1.29 is 23.1 Å². The zero-order chi connectivity index (χ0) is 31.5. The van der Waals surface area contributed by atoms with Crippen LogP contribution in [-0.4, -0.2) is 53.4 Å². The number of carbonyl (C=O) groups is 1. The number of benzene rings is 2. The number of hydrogen-bond donors (Lipinski definition) is 2. The number of methoxy groups -OCH3 is 1. The third-order valence-electron chi connectivity index (χ3n) is 6.71. The largest absolute Gasteiger partial charge is 0.481 e. The monoisotopic (exact) mass is 622 g/mol. The van der Waals surface area contributed by atoms with E-state index in [1.54, 1.807) is 24.3 Å². The summed E-state index contributed by atoms with van der Waals surface area (Å²) in [5.74, 6) is -1.36. The second-order valence-electron chi connectivity index (χ2n) is 9.93. The molecule has 3 aromatic heterocycles. The molecule has 0 aliphatic rings. The van der Waals surface area contributed by atoms with Crippen LogP contribution in [0.4, 0.5) is 19.3 Å². The first-order valence-electron chi connectivity index (χ1n) is 13.2. The van der Waals surface area contributed by atoms with Gasteiger partial charge in [-0.05, 0) is 55.6 Å². The first-order chi connectivity index (χ1) is 21.1. The number of ether oxygens (including phenoxy) is 1. The van der Waals surface area contributed by atoms with Gasteiger partial charge in [0.1, 0.15) is 16.5 Å². The van der Waals surface area contributed by atoms with Crippen molar-refractivity contribution in [2.24, 2.45) is 0 Å². The minimum atomic E-state index is -0.820. The number of hydrogen-bond acceptors (Lipinski definition) is 8. The molecular weight excluding hydrogens is 594 g/mol. The SMILES string of the molecule is CONC(=O)Nc1ccc(-c2sc3c(c2CN(C)C)c(=O)n(-c2ccc(OC)nc2)c(=O)n3Cc2c(F)cccc2F)cc1. The van der Waals surface area contributed by atoms with E-state index in [9.17, 15) is 23.2 Å². The smallest absolute Gasteiger partial charge is 0.343 e. The fourth-order valence-electron chi connectivity index (χ4n) is 4.76. The molecule has 0 unspecified atom stereocenters. The fourth-order valence-corrected chi connectivity index (χ4v) is 6.06. The average Bonchev–Trinajstić information content (AvgIpc) is 3.36. The highest BCUT2D eigenvalue weighted by Gasteiger charge is 2.25. The molecule has 14 heteroatoms. The van der Waals surface area contributed by atoms with Gasteiger partial charge in [-0.2, -0.15) is 0 Å². The first-order valence-corrected chi connectivity index (χ1v) is 14.0. The standard InChI is InChI=1S/C30H28F2N6O5S/c1-36(2)15-21-25-27(39)38(19-12-13-24(42-3)33-14-19)30(41)37(16-20-22(31)6-5-7-23(20)32)28(25)44-26(21)17-8-10-18(11-9-17)34-29(40)35-43-4/h5-14H,15-16H2,1-4H3,(H2,34,35,40). The number of urea groups is 1. The van der Waals surface area contributed by atoms with Crippen LogP contribution in [-0.2, 0) is 17.9 Å². The molecule has 5 rings (SSSR count). The van der Waals surface area contributed by atoms with Crippen LogP contribution in [0, 0.1) is 11.6 Å². The minimum absolute atomic E-state index is 0.166. The van der Waals surface area contributed by atoms with Gasteiger partial charge in [-0.25, -0.2) is 33.4 Å². The molecule has 0 saturated heterocycles. The molecule has 2 amide bonds. The van der Waals surface area contributed by atoms with E-state index in [1.807, 2.05) is 19.0 Å². The molecular formula is C30H28F2N6O5S. The summed E-state index contributed by atoms with van der Waals surface area (Å²) < 4.78 is 37.0. The van der Waals surface area contributed by atoms with Crippen molar-refractivity contribution in [2.45, 2.75) is 13.1 Å². The highest BCUT2D eigenvalue weighted by molar-refractivity contribution is 7.22. The van der Waals surface area contributed by atoms with Crippen LogP contribution in [0.5, 0.6) is 5.88 Å². The summed E-state index contributed by atoms with van der Waals surface area (Å²) in [5.41, 5.74) is 2.44. The molecule has 0 spiro atoms. The highest BCUT2D eigenvalue weighted by atomic mass is 32.1. The molecule has 0 saturated carbocycles. The van der Waals surface area contributed by atoms with Crippen LogP contribution in [0.25, 0.3) is 26.3 Å². The zero-order valence-corrected chi connectivity index (χ0v) is 25.0. The van der Waals surface area contributed by atoms with Gasteiger partial charge in [0.15, 0.2) is 0 Å². The van der Waals surface area contributed by atoms with Gasteiger partial charge in [0, 0.05) is 28.7 Å². The quantitative estimate of drug-likeness (QED) is 0.235. The van der Waals surface area contributed by atoms with Crippen molar-refractivity contribution in [1.29, 1.82) is 0 Å². The Bertz CT molecular complexity index is 1930. The number of aromatic nitrogens is 3. The normalized spacial score (nSPS) is 11.2. The van der Waals surface area contributed by atoms with Crippen molar-refractivity contribution in [1.82, 2.24) is 24.5 Å². The van der Waals surface area contributed by atoms with Crippen molar-refractivity contribution in [3.8, 4) is 22.0 Å². The Morgan fingerprint density at radius 3 is 2.30 bits per heavy atom. The van der Waals surface area contributed by atoms with Gasteiger partial charge in [0.2, 0.25) is 5.88 Å². The van der Waals surface area contributed by atoms with E-state index in [4.69, 9.17) is 4.74 Å². The molecule has 0 fully saturated rings. The summed E-state index contributed by atoms with van der Waals surface area (Å²) in [6.45, 7) is -0.148. The number of pyridine rings is 1. The van der Waals surface area contributed by atoms with Crippen LogP contribution in [0.1, 0.15) is 11.1 Å². The van der Waals surface area contributed by atoms with E-state index in [-0.39, 0.29) is 27.3 Å². The molecule has 5 aromatic rings. The molecule has 44 heavy (non-hydrogen) atoms. The molecule has 2 aromatic carbocycles. The maximum absolute atomic E-state index is 14.9. The van der Waals surface area contributed by atoms with E-state index >= 15 is 0 Å². The molecule has 0 atom stereocenters. The number of anilines is 1. The Morgan fingerprint density at radius 2 is 1.70 bits per heavy atom. The Balaban J connectivity index is 1.79. The summed E-state index contributed by atoms with van der Waals surface area (Å²) in [5, 5.41) is 2.86. The maximum atomic E-state index is 14.9. The van der Waals surface area contributed by atoms with Crippen molar-refractivity contribution in [3.05, 3.63) is 104 Å². The molecule has 0 aliphatic heterocycles. The number of fused-ring (bicyclic) bond motifs is 1. The van der Waals surface area contributed by atoms with Gasteiger partial charge in [-0.1, -0.05) is 18.2 Å². The number of halogens is 2. The summed E-state index contributed by atoms with van der Waals surface area (Å²) >= 11 is 1.17. The zero-order valence-electron chi connectivity index (χ0n) is 24.2. The second kappa shape index (κ2) is 12.8. The van der Waals surface area contributed by atoms with E-state index < -0.39 is 35.5 Å². The number of amides is 2. The summed E-state index contributed by atoms with van der Waals surface area (Å²) in [6, 6.07) is 12.8. The Labute approximate surface area is 253 Å². The molecule has 228 valence electrons. The van der Waals surface area contributed by atoms with E-state index in [0.29, 0.717) is 28.2 Å². The predicted octanol–water partition coefficient (Wildman–Crippen LogP) is 4.36. The Morgan fingerprint density at radius 1 is 1.00 bits per heavy atom. The van der Waals surface area contributed by atoms with Gasteiger partial charge in [0.25, 0.3) is 5.56 Å². The molecule has 0 radical (unpaired) electrons. The third kappa shape index (κ3) is 5.95. The Kier molecular flexibility index (Phi) is 8.85. The molecule has 11 nitrogen and oxygen atoms in total. The first kappa shape index (κ1) is 30.5. The number of nitrogens with zero attached hydrogens (tertiary/aromatic N) is 4. The van der Waals surface area contributed by atoms with Gasteiger partial charge in [-0.15, -0.1) is 11.3 Å². The minimum Gasteiger partial charge on any atom is -0.481 e. The lowest BCUT2D eigenvalue weighted by atomic mass is 10.1. The number of nitrogens with one attached hydrogen (secondary N) is 2. The lowest BCUT2D eigenvalue weighted by molar-refractivity contribution is 0.114. The molecule has 3 heterocycles. The van der Waals surface area contributed by atoms with Gasteiger partial charge in [0.05, 0.1) is 38.0 Å². The van der Waals surface area contributed by atoms with Crippen molar-refractivity contribution in [2.75, 3.05) is 33.6 Å². The van der Waals surface area contributed by atoms with Crippen molar-refractivity contribution in [3.63, 3.8) is 0 Å². The summed E-state index contributed by atoms with van der Waals surface area (Å²) in [6.07, 6.45) is 1.33. The summed E-state index contributed by atoms with van der Waals surface area (Å²) in [7, 11) is 6.43. The fraction of sp³-hybridized carbons (Fsp3) is 0.200. The average molecular weight is 623 g/mol. The number of carbonyl (C=O) groups excluding carboxylic acids is 1. The van der Waals surface area contributed by atoms with E-state index in [1.165, 1.54) is 54.5 Å². The van der Waals surface area contributed by atoms with Crippen LogP contribution in [0.3, 0.4) is 0 Å².